The van der Waals surface area contributed by atoms with Crippen LogP contribution >= 0.6 is 0 Å². The van der Waals surface area contributed by atoms with Crippen molar-refractivity contribution in [2.45, 2.75) is 26.0 Å². The lowest BCUT2D eigenvalue weighted by atomic mass is 10.2. The maximum absolute atomic E-state index is 11.9. The number of rotatable bonds is 6. The summed E-state index contributed by atoms with van der Waals surface area (Å²) in [4.78, 5) is 13.5. The van der Waals surface area contributed by atoms with Crippen LogP contribution in [-0.4, -0.2) is 35.1 Å². The molecule has 0 fully saturated rings. The molecule has 17 heavy (non-hydrogen) atoms. The summed E-state index contributed by atoms with van der Waals surface area (Å²) < 4.78 is 0. The van der Waals surface area contributed by atoms with Gasteiger partial charge in [-0.1, -0.05) is 30.3 Å². The second-order valence-electron chi connectivity index (χ2n) is 3.93. The Bertz CT molecular complexity index is 341. The van der Waals surface area contributed by atoms with Gasteiger partial charge in [0.15, 0.2) is 0 Å². The lowest BCUT2D eigenvalue weighted by Gasteiger charge is -2.23. The number of hydrogen-bond donors (Lipinski definition) is 2. The fourth-order valence-corrected chi connectivity index (χ4v) is 1.64. The number of carbonyl (C=O) groups excluding carboxylic acids is 1. The van der Waals surface area contributed by atoms with Crippen molar-refractivity contribution in [1.82, 2.24) is 4.90 Å². The molecular formula is C13H20N2O2. The molecule has 4 heteroatoms. The van der Waals surface area contributed by atoms with Gasteiger partial charge in [0.25, 0.3) is 5.91 Å². The van der Waals surface area contributed by atoms with Gasteiger partial charge in [0.05, 0.1) is 0 Å². The van der Waals surface area contributed by atoms with E-state index in [0.29, 0.717) is 26.1 Å². The molecule has 0 aliphatic heterocycles. The fraction of sp³-hybridized carbons (Fsp3) is 0.462. The van der Waals surface area contributed by atoms with Crippen molar-refractivity contribution >= 4 is 5.91 Å². The quantitative estimate of drug-likeness (QED) is 0.765. The Labute approximate surface area is 102 Å². The lowest BCUT2D eigenvalue weighted by Crippen LogP contribution is -2.39. The molecule has 1 aromatic carbocycles. The molecule has 0 saturated carbocycles. The van der Waals surface area contributed by atoms with Gasteiger partial charge in [-0.3, -0.25) is 4.79 Å². The first kappa shape index (κ1) is 13.7. The summed E-state index contributed by atoms with van der Waals surface area (Å²) in [5, 5.41) is 9.63. The van der Waals surface area contributed by atoms with Gasteiger partial charge in [0, 0.05) is 13.1 Å². The highest BCUT2D eigenvalue weighted by Gasteiger charge is 2.20. The van der Waals surface area contributed by atoms with Crippen molar-refractivity contribution < 1.29 is 9.90 Å². The zero-order valence-electron chi connectivity index (χ0n) is 10.2. The smallest absolute Gasteiger partial charge is 0.251 e. The topological polar surface area (TPSA) is 66.6 Å². The first-order valence-electron chi connectivity index (χ1n) is 5.89. The normalized spacial score (nSPS) is 12.2. The SMILES string of the molecule is CCN(Cc1ccccc1)C(=O)C(O)CCN. The van der Waals surface area contributed by atoms with E-state index in [2.05, 4.69) is 0 Å². The summed E-state index contributed by atoms with van der Waals surface area (Å²) in [5.74, 6) is -0.248. The van der Waals surface area contributed by atoms with Gasteiger partial charge in [-0.05, 0) is 25.5 Å². The zero-order valence-corrected chi connectivity index (χ0v) is 10.2. The minimum Gasteiger partial charge on any atom is -0.383 e. The van der Waals surface area contributed by atoms with E-state index < -0.39 is 6.10 Å². The van der Waals surface area contributed by atoms with Crippen molar-refractivity contribution in [3.05, 3.63) is 35.9 Å². The van der Waals surface area contributed by atoms with Gasteiger partial charge < -0.3 is 15.7 Å². The number of likely N-dealkylation sites (N-methyl/N-ethyl adjacent to an activating group) is 1. The molecule has 1 unspecified atom stereocenters. The monoisotopic (exact) mass is 236 g/mol. The van der Waals surface area contributed by atoms with Crippen molar-refractivity contribution in [2.24, 2.45) is 5.73 Å². The molecule has 94 valence electrons. The largest absolute Gasteiger partial charge is 0.383 e. The lowest BCUT2D eigenvalue weighted by molar-refractivity contribution is -0.140. The highest BCUT2D eigenvalue weighted by atomic mass is 16.3. The molecule has 4 nitrogen and oxygen atoms in total. The van der Waals surface area contributed by atoms with Gasteiger partial charge in [-0.25, -0.2) is 0 Å². The van der Waals surface area contributed by atoms with Crippen LogP contribution in [0.4, 0.5) is 0 Å². The first-order valence-corrected chi connectivity index (χ1v) is 5.89. The number of nitrogens with zero attached hydrogens (tertiary/aromatic N) is 1. The maximum Gasteiger partial charge on any atom is 0.251 e. The van der Waals surface area contributed by atoms with Gasteiger partial charge in [0.1, 0.15) is 6.10 Å². The van der Waals surface area contributed by atoms with E-state index in [1.165, 1.54) is 0 Å². The second-order valence-corrected chi connectivity index (χ2v) is 3.93. The van der Waals surface area contributed by atoms with Gasteiger partial charge in [-0.15, -0.1) is 0 Å². The van der Waals surface area contributed by atoms with Crippen LogP contribution in [0.15, 0.2) is 30.3 Å². The summed E-state index contributed by atoms with van der Waals surface area (Å²) in [5.41, 5.74) is 6.39. The van der Waals surface area contributed by atoms with Crippen molar-refractivity contribution in [2.75, 3.05) is 13.1 Å². The maximum atomic E-state index is 11.9. The molecule has 1 amide bonds. The van der Waals surface area contributed by atoms with Crippen molar-refractivity contribution in [3.63, 3.8) is 0 Å². The minimum absolute atomic E-state index is 0.248. The molecule has 0 heterocycles. The second kappa shape index (κ2) is 7.04. The number of nitrogens with two attached hydrogens (primary N) is 1. The summed E-state index contributed by atoms with van der Waals surface area (Å²) in [7, 11) is 0. The van der Waals surface area contributed by atoms with E-state index in [1.807, 2.05) is 37.3 Å². The highest BCUT2D eigenvalue weighted by Crippen LogP contribution is 2.07. The Balaban J connectivity index is 2.62. The molecule has 0 radical (unpaired) electrons. The minimum atomic E-state index is -0.983. The predicted molar refractivity (Wildman–Crippen MR) is 67.2 cm³/mol. The molecule has 1 aromatic rings. The molecule has 0 saturated heterocycles. The summed E-state index contributed by atoms with van der Waals surface area (Å²) in [6.07, 6.45) is -0.673. The molecule has 0 aromatic heterocycles. The predicted octanol–water partition coefficient (Wildman–Crippen LogP) is 0.745. The van der Waals surface area contributed by atoms with Gasteiger partial charge >= 0.3 is 0 Å². The molecular weight excluding hydrogens is 216 g/mol. The average molecular weight is 236 g/mol. The Kier molecular flexibility index (Phi) is 5.66. The third kappa shape index (κ3) is 4.17. The first-order chi connectivity index (χ1) is 8.19. The van der Waals surface area contributed by atoms with E-state index in [9.17, 15) is 9.90 Å². The summed E-state index contributed by atoms with van der Waals surface area (Å²) in [6.45, 7) is 3.32. The van der Waals surface area contributed by atoms with E-state index in [4.69, 9.17) is 5.73 Å². The van der Waals surface area contributed by atoms with Crippen LogP contribution in [0.1, 0.15) is 18.9 Å². The Hall–Kier alpha value is -1.39. The highest BCUT2D eigenvalue weighted by molar-refractivity contribution is 5.80. The van der Waals surface area contributed by atoms with E-state index >= 15 is 0 Å². The number of amides is 1. The van der Waals surface area contributed by atoms with E-state index in [1.54, 1.807) is 4.90 Å². The number of benzene rings is 1. The molecule has 0 spiro atoms. The van der Waals surface area contributed by atoms with Crippen LogP contribution in [0, 0.1) is 0 Å². The van der Waals surface area contributed by atoms with Crippen molar-refractivity contribution in [1.29, 1.82) is 0 Å². The van der Waals surface area contributed by atoms with Crippen molar-refractivity contribution in [3.8, 4) is 0 Å². The standard InChI is InChI=1S/C13H20N2O2/c1-2-15(13(17)12(16)8-9-14)10-11-6-4-3-5-7-11/h3-7,12,16H,2,8-10,14H2,1H3. The third-order valence-electron chi connectivity index (χ3n) is 2.63. The fourth-order valence-electron chi connectivity index (χ4n) is 1.64. The van der Waals surface area contributed by atoms with Crippen LogP contribution in [0.5, 0.6) is 0 Å². The summed E-state index contributed by atoms with van der Waals surface area (Å²) >= 11 is 0. The number of carbonyl (C=O) groups is 1. The zero-order chi connectivity index (χ0) is 12.7. The van der Waals surface area contributed by atoms with E-state index in [-0.39, 0.29) is 5.91 Å². The van der Waals surface area contributed by atoms with Crippen LogP contribution in [0.3, 0.4) is 0 Å². The molecule has 1 atom stereocenters. The molecule has 0 aliphatic rings. The number of aliphatic hydroxyl groups is 1. The molecule has 0 bridgehead atoms. The van der Waals surface area contributed by atoms with E-state index in [0.717, 1.165) is 5.56 Å². The van der Waals surface area contributed by atoms with Gasteiger partial charge in [0.2, 0.25) is 0 Å². The van der Waals surface area contributed by atoms with Crippen LogP contribution in [0.2, 0.25) is 0 Å². The summed E-state index contributed by atoms with van der Waals surface area (Å²) in [6, 6.07) is 9.73. The average Bonchev–Trinajstić information content (AvgIpc) is 2.36. The van der Waals surface area contributed by atoms with Gasteiger partial charge in [-0.2, -0.15) is 0 Å². The van der Waals surface area contributed by atoms with Crippen LogP contribution in [0.25, 0.3) is 0 Å². The molecule has 0 aliphatic carbocycles. The van der Waals surface area contributed by atoms with Crippen LogP contribution < -0.4 is 5.73 Å². The number of hydrogen-bond acceptors (Lipinski definition) is 3. The number of aliphatic hydroxyl groups excluding tert-OH is 1. The molecule has 1 rings (SSSR count). The van der Waals surface area contributed by atoms with Crippen LogP contribution in [-0.2, 0) is 11.3 Å². The Morgan fingerprint density at radius 1 is 1.41 bits per heavy atom. The Morgan fingerprint density at radius 3 is 2.59 bits per heavy atom. The molecule has 3 N–H and O–H groups in total. The Morgan fingerprint density at radius 2 is 2.06 bits per heavy atom. The third-order valence-corrected chi connectivity index (χ3v) is 2.63.